The summed E-state index contributed by atoms with van der Waals surface area (Å²) in [4.78, 5) is 35.9. The number of aromatic nitrogens is 6. The monoisotopic (exact) mass is 735 g/mol. The normalized spacial score (nSPS) is 17.1. The van der Waals surface area contributed by atoms with Gasteiger partial charge in [-0.25, -0.2) is 23.1 Å². The van der Waals surface area contributed by atoms with Crippen molar-refractivity contribution in [1.82, 2.24) is 29.1 Å². The molecule has 50 heavy (non-hydrogen) atoms. The fourth-order valence-corrected chi connectivity index (χ4v) is 6.57. The van der Waals surface area contributed by atoms with Gasteiger partial charge in [-0.15, -0.1) is 0 Å². The Balaban J connectivity index is 1.49. The van der Waals surface area contributed by atoms with Gasteiger partial charge < -0.3 is 9.64 Å². The molecule has 4 aromatic heterocycles. The van der Waals surface area contributed by atoms with Gasteiger partial charge >= 0.3 is 25.6 Å². The van der Waals surface area contributed by atoms with Gasteiger partial charge in [0.05, 0.1) is 41.7 Å². The molecule has 0 unspecified atom stereocenters. The lowest BCUT2D eigenvalue weighted by molar-refractivity contribution is -0.141. The fourth-order valence-electron chi connectivity index (χ4n) is 4.82. The second-order valence-corrected chi connectivity index (χ2v) is 14.8. The first-order chi connectivity index (χ1) is 22.9. The van der Waals surface area contributed by atoms with E-state index in [9.17, 15) is 31.7 Å². The number of phosphoric acid groups is 1. The highest BCUT2D eigenvalue weighted by molar-refractivity contribution is 7.48. The van der Waals surface area contributed by atoms with Gasteiger partial charge in [-0.2, -0.15) is 27.2 Å². The van der Waals surface area contributed by atoms with Gasteiger partial charge in [0, 0.05) is 18.5 Å². The molecule has 4 aromatic rings. The molecule has 5 rings (SSSR count). The topological polar surface area (TPSA) is 155 Å². The summed E-state index contributed by atoms with van der Waals surface area (Å²) in [6.45, 7) is 7.19. The number of ether oxygens (including phenoxy) is 1. The number of nitrogens with one attached hydrogen (secondary N) is 1. The Bertz CT molecular complexity index is 2050. The van der Waals surface area contributed by atoms with E-state index in [1.807, 2.05) is 4.98 Å². The molecule has 1 aliphatic rings. The van der Waals surface area contributed by atoms with Crippen molar-refractivity contribution in [2.24, 2.45) is 0 Å². The Morgan fingerprint density at radius 3 is 2.32 bits per heavy atom. The average molecular weight is 736 g/mol. The zero-order chi connectivity index (χ0) is 37.0. The maximum absolute atomic E-state index is 15.3. The van der Waals surface area contributed by atoms with Crippen molar-refractivity contribution in [2.75, 3.05) is 18.0 Å². The summed E-state index contributed by atoms with van der Waals surface area (Å²) in [6.07, 6.45) is -4.32. The number of rotatable bonds is 9. The Morgan fingerprint density at radius 2 is 1.70 bits per heavy atom. The molecule has 0 amide bonds. The minimum absolute atomic E-state index is 0.148. The minimum atomic E-state index is -4.85. The summed E-state index contributed by atoms with van der Waals surface area (Å²) < 4.78 is 122. The molecule has 0 bridgehead atoms. The SMILES string of the molecule is CC(C)(C)OP(=O)(OCn1cc(-c2cc(N3C[C@H](Oc4ccnc(C(F)(F)F)c4)C(F)(F)C3)c3ncc(F)n3n2)c(=O)[nH]c1=O)OC(C)(C)C. The third kappa shape index (κ3) is 8.36. The Morgan fingerprint density at radius 1 is 1.04 bits per heavy atom. The molecule has 0 radical (unpaired) electrons. The quantitative estimate of drug-likeness (QED) is 0.173. The first-order valence-electron chi connectivity index (χ1n) is 14.8. The number of anilines is 1. The second-order valence-electron chi connectivity index (χ2n) is 13.2. The number of aromatic amines is 1. The highest BCUT2D eigenvalue weighted by atomic mass is 31.2. The van der Waals surface area contributed by atoms with Crippen LogP contribution in [-0.2, 0) is 31.0 Å². The number of hydrogen-bond donors (Lipinski definition) is 1. The van der Waals surface area contributed by atoms with E-state index in [4.69, 9.17) is 18.3 Å². The van der Waals surface area contributed by atoms with E-state index in [1.54, 1.807) is 41.5 Å². The zero-order valence-corrected chi connectivity index (χ0v) is 28.3. The van der Waals surface area contributed by atoms with E-state index < -0.39 is 85.7 Å². The molecule has 5 heterocycles. The molecule has 1 saturated heterocycles. The number of pyridine rings is 1. The third-order valence-corrected chi connectivity index (χ3v) is 8.69. The van der Waals surface area contributed by atoms with E-state index in [0.717, 1.165) is 40.2 Å². The van der Waals surface area contributed by atoms with E-state index in [-0.39, 0.29) is 22.6 Å². The maximum Gasteiger partial charge on any atom is 0.477 e. The number of nitrogens with zero attached hydrogens (tertiary/aromatic N) is 6. The number of phosphoric ester groups is 1. The van der Waals surface area contributed by atoms with Crippen LogP contribution >= 0.6 is 7.82 Å². The van der Waals surface area contributed by atoms with Gasteiger partial charge in [-0.1, -0.05) is 0 Å². The first-order valence-corrected chi connectivity index (χ1v) is 16.3. The van der Waals surface area contributed by atoms with Gasteiger partial charge in [0.1, 0.15) is 23.9 Å². The molecule has 0 saturated carbocycles. The predicted octanol–water partition coefficient (Wildman–Crippen LogP) is 5.41. The number of imidazole rings is 1. The van der Waals surface area contributed by atoms with Crippen LogP contribution in [0.15, 0.2) is 46.4 Å². The number of hydrogen-bond acceptors (Lipinski definition) is 11. The smallest absolute Gasteiger partial charge is 0.477 e. The van der Waals surface area contributed by atoms with E-state index in [0.29, 0.717) is 10.6 Å². The number of fused-ring (bicyclic) bond motifs is 1. The van der Waals surface area contributed by atoms with E-state index in [2.05, 4.69) is 15.1 Å². The lowest BCUT2D eigenvalue weighted by Gasteiger charge is -2.30. The molecular weight excluding hydrogens is 703 g/mol. The molecule has 1 fully saturated rings. The van der Waals surface area contributed by atoms with Crippen LogP contribution in [0.2, 0.25) is 0 Å². The largest absolute Gasteiger partial charge is 0.482 e. The van der Waals surface area contributed by atoms with Crippen LogP contribution in [0.25, 0.3) is 16.9 Å². The predicted molar refractivity (Wildman–Crippen MR) is 164 cm³/mol. The van der Waals surface area contributed by atoms with Crippen LogP contribution in [0.5, 0.6) is 5.75 Å². The van der Waals surface area contributed by atoms with Crippen LogP contribution in [0.3, 0.4) is 0 Å². The molecule has 1 N–H and O–H groups in total. The van der Waals surface area contributed by atoms with Gasteiger partial charge in [-0.05, 0) is 53.7 Å². The lowest BCUT2D eigenvalue weighted by Crippen LogP contribution is -2.36. The highest BCUT2D eigenvalue weighted by Gasteiger charge is 2.51. The minimum Gasteiger partial charge on any atom is -0.482 e. The van der Waals surface area contributed by atoms with Crippen molar-refractivity contribution < 1.29 is 49.2 Å². The standard InChI is InChI=1S/C29H32F6N7O7P/c1-26(2,3)48-50(45,49-27(4,5)6)46-15-41-12-17(24(43)38-25(41)44)18-10-19(23-37-11-22(30)42(23)39-18)40-13-21(28(31,32)14-40)47-16-7-8-36-20(9-16)29(33,34)35/h7-12,21H,13-15H2,1-6H3,(H,38,43,44)/t21-/m0/s1. The van der Waals surface area contributed by atoms with Gasteiger partial charge in [0.2, 0.25) is 5.95 Å². The van der Waals surface area contributed by atoms with Gasteiger partial charge in [-0.3, -0.25) is 32.9 Å². The number of halogens is 6. The summed E-state index contributed by atoms with van der Waals surface area (Å²) in [5.74, 6) is -5.17. The molecule has 0 aliphatic carbocycles. The van der Waals surface area contributed by atoms with Crippen molar-refractivity contribution in [2.45, 2.75) is 77.7 Å². The highest BCUT2D eigenvalue weighted by Crippen LogP contribution is 2.55. The van der Waals surface area contributed by atoms with Crippen molar-refractivity contribution in [1.29, 1.82) is 0 Å². The Kier molecular flexibility index (Phi) is 9.48. The summed E-state index contributed by atoms with van der Waals surface area (Å²) >= 11 is 0. The van der Waals surface area contributed by atoms with Crippen LogP contribution in [0, 0.1) is 5.95 Å². The summed E-state index contributed by atoms with van der Waals surface area (Å²) in [7, 11) is -4.33. The molecule has 0 aromatic carbocycles. The first kappa shape index (κ1) is 37.0. The average Bonchev–Trinajstić information content (AvgIpc) is 3.47. The molecule has 272 valence electrons. The number of alkyl halides is 5. The Labute approximate surface area is 279 Å². The van der Waals surface area contributed by atoms with Crippen molar-refractivity contribution in [3.8, 4) is 17.0 Å². The third-order valence-electron chi connectivity index (χ3n) is 6.72. The summed E-state index contributed by atoms with van der Waals surface area (Å²) in [5, 5.41) is 4.07. The van der Waals surface area contributed by atoms with Crippen molar-refractivity contribution in [3.63, 3.8) is 0 Å². The lowest BCUT2D eigenvalue weighted by atomic mass is 10.2. The van der Waals surface area contributed by atoms with Crippen LogP contribution in [0.4, 0.5) is 32.0 Å². The number of H-pyrrole nitrogens is 1. The van der Waals surface area contributed by atoms with Crippen LogP contribution < -0.4 is 20.9 Å². The summed E-state index contributed by atoms with van der Waals surface area (Å²) in [5.41, 5.74) is -6.42. The molecule has 21 heteroatoms. The fraction of sp³-hybridized carbons (Fsp3) is 0.483. The van der Waals surface area contributed by atoms with Crippen molar-refractivity contribution >= 4 is 19.2 Å². The van der Waals surface area contributed by atoms with Gasteiger partial charge in [0.25, 0.3) is 5.56 Å². The molecule has 1 atom stereocenters. The molecule has 1 aliphatic heterocycles. The van der Waals surface area contributed by atoms with Crippen LogP contribution in [0.1, 0.15) is 47.2 Å². The van der Waals surface area contributed by atoms with E-state index >= 15 is 8.78 Å². The van der Waals surface area contributed by atoms with Crippen molar-refractivity contribution in [3.05, 3.63) is 69.3 Å². The Hall–Kier alpha value is -4.26. The zero-order valence-electron chi connectivity index (χ0n) is 27.4. The van der Waals surface area contributed by atoms with Crippen LogP contribution in [-0.4, -0.2) is 65.5 Å². The molecule has 14 nitrogen and oxygen atoms in total. The summed E-state index contributed by atoms with van der Waals surface area (Å²) in [6, 6.07) is 2.62. The van der Waals surface area contributed by atoms with E-state index in [1.165, 1.54) is 0 Å². The molecule has 0 spiro atoms. The molecular formula is C29H32F6N7O7P. The maximum atomic E-state index is 15.3. The second kappa shape index (κ2) is 12.8. The van der Waals surface area contributed by atoms with Gasteiger partial charge in [0.15, 0.2) is 11.8 Å².